The number of halogens is 4. The Morgan fingerprint density at radius 3 is 2.40 bits per heavy atom. The maximum absolute atomic E-state index is 13.9. The molecule has 17 heteroatoms. The summed E-state index contributed by atoms with van der Waals surface area (Å²) in [6.45, 7) is 0.267. The normalized spacial score (nSPS) is 15.6. The molecule has 1 saturated heterocycles. The van der Waals surface area contributed by atoms with Gasteiger partial charge in [0, 0.05) is 44.2 Å². The second-order valence-electron chi connectivity index (χ2n) is 11.8. The molecule has 2 aliphatic rings. The Labute approximate surface area is 299 Å². The molecule has 2 aromatic carbocycles. The highest BCUT2D eigenvalue weighted by Gasteiger charge is 2.28. The molecule has 2 N–H and O–H groups in total. The molecule has 1 atom stereocenters. The van der Waals surface area contributed by atoms with Crippen LogP contribution in [-0.2, 0) is 25.9 Å². The number of esters is 1. The summed E-state index contributed by atoms with van der Waals surface area (Å²) in [5.74, 6) is -0.357. The molecule has 5 rings (SSSR count). The number of nitrogens with zero attached hydrogens (tertiary/aromatic N) is 2. The summed E-state index contributed by atoms with van der Waals surface area (Å²) in [5, 5.41) is 0.563. The smallest absolute Gasteiger partial charge is 0.387 e. The van der Waals surface area contributed by atoms with Gasteiger partial charge < -0.3 is 29.2 Å². The molecule has 274 valence electrons. The number of carbonyl (C=O) groups is 1. The van der Waals surface area contributed by atoms with Crippen molar-refractivity contribution in [1.82, 2.24) is 4.90 Å². The van der Waals surface area contributed by atoms with Gasteiger partial charge in [0.15, 0.2) is 23.9 Å². The van der Waals surface area contributed by atoms with Crippen molar-refractivity contribution < 1.29 is 56.1 Å². The number of anilines is 1. The maximum atomic E-state index is 13.9. The first-order valence-corrected chi connectivity index (χ1v) is 18.2. The Hall–Kier alpha value is -3.47. The van der Waals surface area contributed by atoms with E-state index in [0.29, 0.717) is 56.5 Å². The van der Waals surface area contributed by atoms with Gasteiger partial charge in [-0.25, -0.2) is 18.2 Å². The summed E-state index contributed by atoms with van der Waals surface area (Å²) in [7, 11) is -2.37. The largest absolute Gasteiger partial charge is 0.870 e. The lowest BCUT2D eigenvalue weighted by Gasteiger charge is -2.30. The quantitative estimate of drug-likeness (QED) is 0.177. The number of rotatable bonds is 16. The minimum Gasteiger partial charge on any atom is -0.870 e. The third kappa shape index (κ3) is 10.8. The predicted molar refractivity (Wildman–Crippen MR) is 181 cm³/mol. The van der Waals surface area contributed by atoms with E-state index in [9.17, 15) is 22.0 Å². The van der Waals surface area contributed by atoms with Crippen LogP contribution in [0, 0.1) is 5.92 Å². The number of methoxy groups -OCH3 is 1. The number of pyridine rings is 1. The lowest BCUT2D eigenvalue weighted by Crippen LogP contribution is -2.43. The summed E-state index contributed by atoms with van der Waals surface area (Å²) in [4.78, 5) is 18.8. The monoisotopic (exact) mass is 761 g/mol. The molecule has 0 radical (unpaired) electrons. The molecule has 3 aromatic rings. The molecule has 0 amide bonds. The van der Waals surface area contributed by atoms with Crippen molar-refractivity contribution in [3.8, 4) is 17.2 Å². The van der Waals surface area contributed by atoms with Crippen molar-refractivity contribution in [2.75, 3.05) is 63.7 Å². The first-order chi connectivity index (χ1) is 23.4. The van der Waals surface area contributed by atoms with E-state index in [2.05, 4.69) is 9.88 Å². The van der Waals surface area contributed by atoms with Crippen LogP contribution in [0.25, 0.3) is 0 Å². The Morgan fingerprint density at radius 1 is 1.08 bits per heavy atom. The topological polar surface area (TPSA) is 148 Å². The van der Waals surface area contributed by atoms with Crippen molar-refractivity contribution in [3.63, 3.8) is 0 Å². The number of morpholine rings is 1. The van der Waals surface area contributed by atoms with Gasteiger partial charge in [-0.2, -0.15) is 8.78 Å². The molecule has 1 aromatic heterocycles. The lowest BCUT2D eigenvalue weighted by molar-refractivity contribution is -0.377. The fourth-order valence-electron chi connectivity index (χ4n) is 5.31. The predicted octanol–water partition coefficient (Wildman–Crippen LogP) is 5.27. The molecule has 1 aliphatic heterocycles. The van der Waals surface area contributed by atoms with Crippen LogP contribution >= 0.6 is 23.2 Å². The summed E-state index contributed by atoms with van der Waals surface area (Å²) >= 11 is 12.9. The Kier molecular flexibility index (Phi) is 13.9. The van der Waals surface area contributed by atoms with E-state index in [1.165, 1.54) is 60.2 Å². The van der Waals surface area contributed by atoms with Crippen LogP contribution in [0.4, 0.5) is 14.5 Å². The van der Waals surface area contributed by atoms with E-state index >= 15 is 0 Å². The van der Waals surface area contributed by atoms with Crippen LogP contribution in [0.3, 0.4) is 0 Å². The molecule has 2 heterocycles. The summed E-state index contributed by atoms with van der Waals surface area (Å²) < 4.78 is 81.1. The van der Waals surface area contributed by atoms with Gasteiger partial charge in [-0.1, -0.05) is 29.3 Å². The number of carbonyl (C=O) groups excluding carboxylic acids is 1. The highest BCUT2D eigenvalue weighted by molar-refractivity contribution is 7.92. The second kappa shape index (κ2) is 17.6. The number of H-pyrrole nitrogens is 1. The van der Waals surface area contributed by atoms with Crippen LogP contribution in [0.5, 0.6) is 17.2 Å². The van der Waals surface area contributed by atoms with E-state index in [1.54, 1.807) is 0 Å². The molecule has 0 bridgehead atoms. The maximum Gasteiger partial charge on any atom is 0.387 e. The van der Waals surface area contributed by atoms with Gasteiger partial charge in [0.1, 0.15) is 21.9 Å². The molecule has 1 saturated carbocycles. The van der Waals surface area contributed by atoms with Crippen LogP contribution < -0.4 is 23.5 Å². The summed E-state index contributed by atoms with van der Waals surface area (Å²) in [6.07, 6.45) is 5.04. The highest BCUT2D eigenvalue weighted by Crippen LogP contribution is 2.38. The molecule has 0 unspecified atom stereocenters. The SMILES string of the molecule is COc1cc(C(=O)O[C@@H](Cc2c(Cl)c[nH+]cc2Cl)c2ccc(OC(F)F)c(OCC3CC3)c2)cc(N(CCN2CCOCC2)S(C)(=O)=O)c1.[OH-]. The average Bonchev–Trinajstić information content (AvgIpc) is 3.90. The van der Waals surface area contributed by atoms with E-state index < -0.39 is 28.7 Å². The number of ether oxygens (including phenoxy) is 5. The van der Waals surface area contributed by atoms with Crippen LogP contribution in [0.1, 0.15) is 40.4 Å². The van der Waals surface area contributed by atoms with E-state index in [4.69, 9.17) is 46.9 Å². The molecule has 12 nitrogen and oxygen atoms in total. The van der Waals surface area contributed by atoms with Crippen molar-refractivity contribution in [2.24, 2.45) is 5.92 Å². The minimum atomic E-state index is -3.77. The minimum absolute atomic E-state index is 0. The highest BCUT2D eigenvalue weighted by atomic mass is 35.5. The van der Waals surface area contributed by atoms with Crippen LogP contribution in [0.15, 0.2) is 48.8 Å². The number of aromatic nitrogens is 1. The van der Waals surface area contributed by atoms with E-state index in [1.807, 2.05) is 0 Å². The van der Waals surface area contributed by atoms with Gasteiger partial charge in [0.05, 0.1) is 44.4 Å². The Morgan fingerprint density at radius 2 is 1.78 bits per heavy atom. The summed E-state index contributed by atoms with van der Waals surface area (Å²) in [5.41, 5.74) is 1.09. The standard InChI is InChI=1S/C33H37Cl2F2N3O8S.H2O/c1-44-25-14-23(13-24(16-25)40(49(2,42)43)8-7-39-9-11-45-12-10-39)32(41)47-30(17-26-27(34)18-38-19-28(26)35)22-5-6-29(48-33(36)37)31(15-22)46-20-21-3-4-21;/h5-6,13-16,18-19,21,30,33H,3-4,7-12,17,20H2,1-2H3;1H2/t30-;/m0./s1. The van der Waals surface area contributed by atoms with Crippen molar-refractivity contribution in [2.45, 2.75) is 32.0 Å². The van der Waals surface area contributed by atoms with Gasteiger partial charge in [-0.05, 0) is 48.6 Å². The second-order valence-corrected chi connectivity index (χ2v) is 14.5. The number of alkyl halides is 2. The number of hydrogen-bond acceptors (Lipinski definition) is 10. The van der Waals surface area contributed by atoms with Gasteiger partial charge in [-0.3, -0.25) is 9.21 Å². The average molecular weight is 763 g/mol. The third-order valence-corrected chi connectivity index (χ3v) is 10.0. The Bertz CT molecular complexity index is 1710. The fraction of sp³-hybridized carbons (Fsp3) is 0.455. The van der Waals surface area contributed by atoms with Gasteiger partial charge >= 0.3 is 12.6 Å². The van der Waals surface area contributed by atoms with Crippen LogP contribution in [0.2, 0.25) is 10.0 Å². The number of benzene rings is 2. The zero-order valence-electron chi connectivity index (χ0n) is 27.4. The Balaban J connectivity index is 0.00000562. The van der Waals surface area contributed by atoms with Crippen molar-refractivity contribution in [1.29, 1.82) is 0 Å². The van der Waals surface area contributed by atoms with Crippen molar-refractivity contribution in [3.05, 3.63) is 75.5 Å². The summed E-state index contributed by atoms with van der Waals surface area (Å²) in [6, 6.07) is 8.69. The number of sulfonamides is 1. The molecular formula is C33H39Cl2F2N3O9S. The fourth-order valence-corrected chi connectivity index (χ4v) is 6.75. The van der Waals surface area contributed by atoms with Crippen molar-refractivity contribution >= 4 is 44.9 Å². The molecular weight excluding hydrogens is 723 g/mol. The molecule has 0 spiro atoms. The lowest BCUT2D eigenvalue weighted by atomic mass is 10.0. The zero-order valence-corrected chi connectivity index (χ0v) is 29.8. The van der Waals surface area contributed by atoms with E-state index in [-0.39, 0.29) is 57.0 Å². The molecule has 50 heavy (non-hydrogen) atoms. The van der Waals surface area contributed by atoms with Gasteiger partial charge in [0.2, 0.25) is 10.0 Å². The first kappa shape index (κ1) is 39.3. The number of nitrogens with one attached hydrogen (secondary N) is 1. The van der Waals surface area contributed by atoms with Gasteiger partial charge in [0.25, 0.3) is 0 Å². The number of hydrogen-bond donors (Lipinski definition) is 0. The first-order valence-electron chi connectivity index (χ1n) is 15.6. The van der Waals surface area contributed by atoms with Gasteiger partial charge in [-0.15, -0.1) is 0 Å². The zero-order chi connectivity index (χ0) is 35.1. The van der Waals surface area contributed by atoms with E-state index in [0.717, 1.165) is 19.1 Å². The van der Waals surface area contributed by atoms with Crippen LogP contribution in [-0.4, -0.2) is 90.7 Å². The molecule has 2 fully saturated rings. The molecule has 1 aliphatic carbocycles. The number of aromatic amines is 1. The third-order valence-electron chi connectivity index (χ3n) is 8.14.